The first-order valence-corrected chi connectivity index (χ1v) is 9.85. The van der Waals surface area contributed by atoms with Gasteiger partial charge in [-0.1, -0.05) is 0 Å². The van der Waals surface area contributed by atoms with E-state index in [0.717, 1.165) is 34.0 Å². The molecule has 0 unspecified atom stereocenters. The highest BCUT2D eigenvalue weighted by molar-refractivity contribution is 5.61. The molecule has 2 aromatic heterocycles. The van der Waals surface area contributed by atoms with Crippen molar-refractivity contribution in [1.82, 2.24) is 14.8 Å². The van der Waals surface area contributed by atoms with E-state index in [1.165, 1.54) is 31.4 Å². The molecule has 0 radical (unpaired) electrons. The Morgan fingerprint density at radius 3 is 2.39 bits per heavy atom. The zero-order chi connectivity index (χ0) is 19.3. The zero-order valence-corrected chi connectivity index (χ0v) is 16.1. The van der Waals surface area contributed by atoms with Crippen molar-refractivity contribution in [2.24, 2.45) is 0 Å². The first-order valence-electron chi connectivity index (χ1n) is 9.85. The van der Waals surface area contributed by atoms with Gasteiger partial charge in [-0.05, 0) is 74.9 Å². The van der Waals surface area contributed by atoms with Crippen LogP contribution in [0.15, 0.2) is 36.7 Å². The van der Waals surface area contributed by atoms with E-state index in [0.29, 0.717) is 17.5 Å². The Balaban J connectivity index is 1.63. The van der Waals surface area contributed by atoms with Crippen LogP contribution in [-0.4, -0.2) is 14.8 Å². The number of hydrogen-bond donors (Lipinski definition) is 0. The summed E-state index contributed by atoms with van der Waals surface area (Å²) in [6.07, 6.45) is 8.31. The molecule has 2 heterocycles. The van der Waals surface area contributed by atoms with Crippen LogP contribution in [0.4, 0.5) is 5.69 Å². The first-order chi connectivity index (χ1) is 13.7. The number of aromatic nitrogens is 3. The van der Waals surface area contributed by atoms with E-state index >= 15 is 0 Å². The van der Waals surface area contributed by atoms with E-state index in [-0.39, 0.29) is 0 Å². The molecule has 5 nitrogen and oxygen atoms in total. The van der Waals surface area contributed by atoms with Gasteiger partial charge >= 0.3 is 0 Å². The fraction of sp³-hybridized carbons (Fsp3) is 0.348. The summed E-state index contributed by atoms with van der Waals surface area (Å²) in [5.41, 5.74) is 5.83. The highest BCUT2D eigenvalue weighted by Crippen LogP contribution is 2.52. The predicted octanol–water partition coefficient (Wildman–Crippen LogP) is 5.98. The highest BCUT2D eigenvalue weighted by Gasteiger charge is 2.39. The lowest BCUT2D eigenvalue weighted by molar-refractivity contribution is 0.469. The Kier molecular flexibility index (Phi) is 3.94. The quantitative estimate of drug-likeness (QED) is 0.519. The Morgan fingerprint density at radius 2 is 1.82 bits per heavy atom. The Bertz CT molecular complexity index is 1060. The SMILES string of the molecule is [C-]#[N+]c1c(C)cc(Oc2c(C3CC3)nn(-c3cccnc3)c2C2CC2)cc1C. The predicted molar refractivity (Wildman–Crippen MR) is 108 cm³/mol. The minimum Gasteiger partial charge on any atom is -0.454 e. The van der Waals surface area contributed by atoms with Crippen LogP contribution in [-0.2, 0) is 0 Å². The average Bonchev–Trinajstić information content (AvgIpc) is 3.61. The molecule has 5 heteroatoms. The smallest absolute Gasteiger partial charge is 0.193 e. The highest BCUT2D eigenvalue weighted by atomic mass is 16.5. The molecular formula is C23H22N4O. The van der Waals surface area contributed by atoms with Gasteiger partial charge in [0, 0.05) is 18.0 Å². The second-order valence-electron chi connectivity index (χ2n) is 7.89. The van der Waals surface area contributed by atoms with Gasteiger partial charge in [-0.3, -0.25) is 4.98 Å². The summed E-state index contributed by atoms with van der Waals surface area (Å²) < 4.78 is 8.54. The lowest BCUT2D eigenvalue weighted by Gasteiger charge is -2.12. The third-order valence-electron chi connectivity index (χ3n) is 5.52. The van der Waals surface area contributed by atoms with Gasteiger partial charge in [-0.2, -0.15) is 5.10 Å². The summed E-state index contributed by atoms with van der Waals surface area (Å²) >= 11 is 0. The van der Waals surface area contributed by atoms with E-state index in [1.54, 1.807) is 6.20 Å². The van der Waals surface area contributed by atoms with Crippen molar-refractivity contribution in [1.29, 1.82) is 0 Å². The second-order valence-corrected chi connectivity index (χ2v) is 7.89. The van der Waals surface area contributed by atoms with Crippen LogP contribution < -0.4 is 4.74 Å². The van der Waals surface area contributed by atoms with Gasteiger partial charge in [-0.25, -0.2) is 9.53 Å². The van der Waals surface area contributed by atoms with Gasteiger partial charge in [0.2, 0.25) is 0 Å². The fourth-order valence-electron chi connectivity index (χ4n) is 3.82. The lowest BCUT2D eigenvalue weighted by atomic mass is 10.1. The lowest BCUT2D eigenvalue weighted by Crippen LogP contribution is -2.02. The number of rotatable bonds is 5. The van der Waals surface area contributed by atoms with Crippen LogP contribution in [0.2, 0.25) is 0 Å². The molecule has 0 spiro atoms. The molecule has 0 saturated heterocycles. The summed E-state index contributed by atoms with van der Waals surface area (Å²) in [5.74, 6) is 2.68. The number of benzene rings is 1. The maximum atomic E-state index is 7.38. The minimum absolute atomic E-state index is 0.482. The summed E-state index contributed by atoms with van der Waals surface area (Å²) in [5, 5.41) is 4.98. The zero-order valence-electron chi connectivity index (χ0n) is 16.1. The van der Waals surface area contributed by atoms with Crippen LogP contribution in [0.3, 0.4) is 0 Å². The van der Waals surface area contributed by atoms with Crippen molar-refractivity contribution < 1.29 is 4.74 Å². The van der Waals surface area contributed by atoms with Crippen molar-refractivity contribution in [3.8, 4) is 17.2 Å². The number of nitrogens with zero attached hydrogens (tertiary/aromatic N) is 4. The number of aryl methyl sites for hydroxylation is 2. The van der Waals surface area contributed by atoms with Crippen molar-refractivity contribution in [2.45, 2.75) is 51.4 Å². The molecule has 0 amide bonds. The van der Waals surface area contributed by atoms with Gasteiger partial charge < -0.3 is 4.74 Å². The summed E-state index contributed by atoms with van der Waals surface area (Å²) in [6.45, 7) is 11.3. The number of hydrogen-bond acceptors (Lipinski definition) is 3. The molecule has 1 aromatic carbocycles. The minimum atomic E-state index is 0.482. The van der Waals surface area contributed by atoms with Crippen LogP contribution in [0.1, 0.15) is 60.0 Å². The van der Waals surface area contributed by atoms with Crippen LogP contribution >= 0.6 is 0 Å². The Hall–Kier alpha value is -3.13. The van der Waals surface area contributed by atoms with Gasteiger partial charge in [0.1, 0.15) is 11.4 Å². The molecule has 0 bridgehead atoms. The largest absolute Gasteiger partial charge is 0.454 e. The molecule has 2 aliphatic carbocycles. The molecule has 140 valence electrons. The van der Waals surface area contributed by atoms with Gasteiger partial charge in [-0.15, -0.1) is 0 Å². The van der Waals surface area contributed by atoms with E-state index in [2.05, 4.69) is 9.83 Å². The molecule has 3 aromatic rings. The Morgan fingerprint density at radius 1 is 1.11 bits per heavy atom. The number of ether oxygens (including phenoxy) is 1. The van der Waals surface area contributed by atoms with Crippen molar-refractivity contribution in [3.05, 3.63) is 70.6 Å². The van der Waals surface area contributed by atoms with Crippen molar-refractivity contribution in [3.63, 3.8) is 0 Å². The fourth-order valence-corrected chi connectivity index (χ4v) is 3.82. The van der Waals surface area contributed by atoms with Gasteiger partial charge in [0.05, 0.1) is 24.2 Å². The number of pyridine rings is 1. The average molecular weight is 370 g/mol. The molecular weight excluding hydrogens is 348 g/mol. The van der Waals surface area contributed by atoms with Crippen LogP contribution in [0, 0.1) is 20.4 Å². The third-order valence-corrected chi connectivity index (χ3v) is 5.52. The van der Waals surface area contributed by atoms with Crippen molar-refractivity contribution in [2.75, 3.05) is 0 Å². The van der Waals surface area contributed by atoms with Gasteiger partial charge in [0.15, 0.2) is 11.4 Å². The standard InChI is InChI=1S/C23H22N4O/c1-14-11-19(12-15(2)20(14)24-3)28-23-21(16-6-7-16)26-27(22(23)17-8-9-17)18-5-4-10-25-13-18/h4-5,10-13,16-17H,6-9H2,1-2H3. The molecule has 5 rings (SSSR count). The van der Waals surface area contributed by atoms with Gasteiger partial charge in [0.25, 0.3) is 0 Å². The molecule has 2 fully saturated rings. The molecule has 0 aliphatic heterocycles. The summed E-state index contributed by atoms with van der Waals surface area (Å²) in [7, 11) is 0. The maximum absolute atomic E-state index is 7.38. The molecule has 2 saturated carbocycles. The molecule has 2 aliphatic rings. The normalized spacial score (nSPS) is 16.0. The summed E-state index contributed by atoms with van der Waals surface area (Å²) in [6, 6.07) is 7.93. The van der Waals surface area contributed by atoms with E-state index in [1.807, 2.05) is 49.0 Å². The van der Waals surface area contributed by atoms with Crippen LogP contribution in [0.5, 0.6) is 11.5 Å². The first kappa shape index (κ1) is 17.0. The third kappa shape index (κ3) is 2.95. The monoisotopic (exact) mass is 370 g/mol. The molecule has 28 heavy (non-hydrogen) atoms. The van der Waals surface area contributed by atoms with Crippen LogP contribution in [0.25, 0.3) is 10.5 Å². The maximum Gasteiger partial charge on any atom is 0.193 e. The molecule has 0 N–H and O–H groups in total. The van der Waals surface area contributed by atoms with E-state index in [9.17, 15) is 0 Å². The summed E-state index contributed by atoms with van der Waals surface area (Å²) in [4.78, 5) is 7.92. The van der Waals surface area contributed by atoms with E-state index < -0.39 is 0 Å². The second kappa shape index (κ2) is 6.49. The Labute approximate surface area is 164 Å². The molecule has 0 atom stereocenters. The van der Waals surface area contributed by atoms with E-state index in [4.69, 9.17) is 16.4 Å². The topological polar surface area (TPSA) is 44.3 Å². The van der Waals surface area contributed by atoms with Crippen molar-refractivity contribution >= 4 is 5.69 Å².